The van der Waals surface area contributed by atoms with E-state index in [9.17, 15) is 14.7 Å². The van der Waals surface area contributed by atoms with Crippen molar-refractivity contribution in [3.8, 4) is 11.3 Å². The van der Waals surface area contributed by atoms with Crippen LogP contribution < -0.4 is 5.43 Å². The highest BCUT2D eigenvalue weighted by Gasteiger charge is 2.16. The van der Waals surface area contributed by atoms with Crippen LogP contribution in [0.4, 0.5) is 0 Å². The van der Waals surface area contributed by atoms with Crippen LogP contribution in [0.15, 0.2) is 70.2 Å². The van der Waals surface area contributed by atoms with Gasteiger partial charge in [-0.25, -0.2) is 10.2 Å². The van der Waals surface area contributed by atoms with Gasteiger partial charge in [0.25, 0.3) is 5.91 Å². The summed E-state index contributed by atoms with van der Waals surface area (Å²) >= 11 is 6.07. The fraction of sp³-hybridized carbons (Fsp3) is 0.136. The molecule has 1 atom stereocenters. The third-order valence-electron chi connectivity index (χ3n) is 4.10. The monoisotopic (exact) mass is 426 g/mol. The lowest BCUT2D eigenvalue weighted by Crippen LogP contribution is -2.25. The minimum absolute atomic E-state index is 0.241. The van der Waals surface area contributed by atoms with Crippen LogP contribution >= 0.6 is 11.6 Å². The first-order valence-corrected chi connectivity index (χ1v) is 9.50. The van der Waals surface area contributed by atoms with Crippen LogP contribution in [0.25, 0.3) is 11.3 Å². The lowest BCUT2D eigenvalue weighted by molar-refractivity contribution is -0.129. The third-order valence-corrected chi connectivity index (χ3v) is 4.43. The summed E-state index contributed by atoms with van der Waals surface area (Å²) in [7, 11) is 0. The first-order chi connectivity index (χ1) is 14.5. The van der Waals surface area contributed by atoms with E-state index in [-0.39, 0.29) is 17.2 Å². The van der Waals surface area contributed by atoms with Crippen LogP contribution in [0.5, 0.6) is 0 Å². The number of amides is 1. The van der Waals surface area contributed by atoms with Crippen molar-refractivity contribution in [3.05, 3.63) is 82.6 Å². The zero-order valence-electron chi connectivity index (χ0n) is 16.0. The summed E-state index contributed by atoms with van der Waals surface area (Å²) in [5.74, 6) is -0.333. The Hall–Kier alpha value is -3.42. The molecule has 3 aromatic rings. The standard InChI is InChI=1S/C22H19ClN2O5/c1-2-29-22(28)17-12-15(8-10-18(17)23)19-11-9-16(30-19)13-24-25-21(27)20(26)14-6-4-3-5-7-14/h3-13,20,26H,2H2,1H3,(H,25,27)/b24-13-/t20-/m1/s1. The number of carbonyl (C=O) groups excluding carboxylic acids is 2. The molecular weight excluding hydrogens is 408 g/mol. The van der Waals surface area contributed by atoms with Crippen molar-refractivity contribution in [1.82, 2.24) is 5.43 Å². The molecule has 1 amide bonds. The number of aliphatic hydroxyl groups is 1. The maximum Gasteiger partial charge on any atom is 0.339 e. The number of hydrazone groups is 1. The van der Waals surface area contributed by atoms with Gasteiger partial charge >= 0.3 is 5.97 Å². The fourth-order valence-corrected chi connectivity index (χ4v) is 2.82. The van der Waals surface area contributed by atoms with E-state index in [4.69, 9.17) is 20.8 Å². The van der Waals surface area contributed by atoms with E-state index in [0.717, 1.165) is 0 Å². The number of rotatable bonds is 7. The van der Waals surface area contributed by atoms with Crippen molar-refractivity contribution in [3.63, 3.8) is 0 Å². The van der Waals surface area contributed by atoms with Gasteiger partial charge in [-0.3, -0.25) is 4.79 Å². The average Bonchev–Trinajstić information content (AvgIpc) is 3.23. The number of hydrogen-bond donors (Lipinski definition) is 2. The van der Waals surface area contributed by atoms with Crippen LogP contribution in [0.2, 0.25) is 5.02 Å². The predicted octanol–water partition coefficient (Wildman–Crippen LogP) is 3.96. The highest BCUT2D eigenvalue weighted by molar-refractivity contribution is 6.33. The molecule has 0 fully saturated rings. The van der Waals surface area contributed by atoms with E-state index in [0.29, 0.717) is 22.6 Å². The molecule has 0 spiro atoms. The van der Waals surface area contributed by atoms with Gasteiger partial charge in [0.15, 0.2) is 6.10 Å². The number of nitrogens with one attached hydrogen (secondary N) is 1. The van der Waals surface area contributed by atoms with Gasteiger partial charge in [0, 0.05) is 5.56 Å². The number of furan rings is 1. The maximum atomic E-state index is 12.0. The van der Waals surface area contributed by atoms with E-state index in [1.807, 2.05) is 0 Å². The number of nitrogens with zero attached hydrogens (tertiary/aromatic N) is 1. The number of carbonyl (C=O) groups is 2. The van der Waals surface area contributed by atoms with Gasteiger partial charge in [-0.1, -0.05) is 41.9 Å². The molecule has 0 unspecified atom stereocenters. The fourth-order valence-electron chi connectivity index (χ4n) is 2.63. The Kier molecular flexibility index (Phi) is 7.00. The number of aliphatic hydroxyl groups excluding tert-OH is 1. The van der Waals surface area contributed by atoms with Crippen molar-refractivity contribution in [2.45, 2.75) is 13.0 Å². The Morgan fingerprint density at radius 2 is 1.97 bits per heavy atom. The minimum atomic E-state index is -1.33. The smallest absolute Gasteiger partial charge is 0.339 e. The molecule has 0 radical (unpaired) electrons. The van der Waals surface area contributed by atoms with Crippen LogP contribution in [-0.2, 0) is 9.53 Å². The molecule has 0 aliphatic rings. The van der Waals surface area contributed by atoms with E-state index in [2.05, 4.69) is 10.5 Å². The lowest BCUT2D eigenvalue weighted by atomic mass is 10.1. The van der Waals surface area contributed by atoms with E-state index >= 15 is 0 Å². The summed E-state index contributed by atoms with van der Waals surface area (Å²) < 4.78 is 10.7. The summed E-state index contributed by atoms with van der Waals surface area (Å²) in [6.07, 6.45) is -0.0211. The van der Waals surface area contributed by atoms with Gasteiger partial charge in [0.1, 0.15) is 11.5 Å². The molecule has 8 heteroatoms. The quantitative estimate of drug-likeness (QED) is 0.338. The highest BCUT2D eigenvalue weighted by atomic mass is 35.5. The molecule has 0 bridgehead atoms. The molecule has 1 aromatic heterocycles. The molecule has 2 N–H and O–H groups in total. The second-order valence-corrected chi connectivity index (χ2v) is 6.57. The zero-order valence-corrected chi connectivity index (χ0v) is 16.8. The number of hydrogen-bond acceptors (Lipinski definition) is 6. The van der Waals surface area contributed by atoms with Crippen LogP contribution in [0, 0.1) is 0 Å². The first-order valence-electron chi connectivity index (χ1n) is 9.12. The van der Waals surface area contributed by atoms with Gasteiger partial charge in [0.05, 0.1) is 23.4 Å². The van der Waals surface area contributed by atoms with Crippen molar-refractivity contribution < 1.29 is 23.8 Å². The molecule has 1 heterocycles. The first kappa shape index (κ1) is 21.3. The summed E-state index contributed by atoms with van der Waals surface area (Å²) in [6, 6.07) is 16.8. The summed E-state index contributed by atoms with van der Waals surface area (Å²) in [4.78, 5) is 24.0. The molecule has 154 valence electrons. The molecule has 7 nitrogen and oxygen atoms in total. The molecule has 0 aliphatic carbocycles. The number of halogens is 1. The number of ether oxygens (including phenoxy) is 1. The Bertz CT molecular complexity index is 1060. The van der Waals surface area contributed by atoms with E-state index < -0.39 is 18.0 Å². The third kappa shape index (κ3) is 5.14. The molecule has 0 saturated heterocycles. The maximum absolute atomic E-state index is 12.0. The van der Waals surface area contributed by atoms with Crippen molar-refractivity contribution in [1.29, 1.82) is 0 Å². The van der Waals surface area contributed by atoms with Crippen molar-refractivity contribution >= 4 is 29.7 Å². The SMILES string of the molecule is CCOC(=O)c1cc(-c2ccc(/C=N\NC(=O)[C@H](O)c3ccccc3)o2)ccc1Cl. The van der Waals surface area contributed by atoms with Gasteiger partial charge in [-0.2, -0.15) is 5.10 Å². The van der Waals surface area contributed by atoms with Crippen molar-refractivity contribution in [2.24, 2.45) is 5.10 Å². The van der Waals surface area contributed by atoms with Crippen LogP contribution in [0.1, 0.15) is 34.7 Å². The predicted molar refractivity (Wildman–Crippen MR) is 112 cm³/mol. The van der Waals surface area contributed by atoms with Crippen molar-refractivity contribution in [2.75, 3.05) is 6.61 Å². The Balaban J connectivity index is 1.67. The normalized spacial score (nSPS) is 12.0. The summed E-state index contributed by atoms with van der Waals surface area (Å²) in [5, 5.41) is 14.1. The van der Waals surface area contributed by atoms with Crippen LogP contribution in [-0.4, -0.2) is 29.8 Å². The molecule has 30 heavy (non-hydrogen) atoms. The van der Waals surface area contributed by atoms with Crippen LogP contribution in [0.3, 0.4) is 0 Å². The Labute approximate surface area is 177 Å². The molecule has 0 saturated carbocycles. The number of esters is 1. The van der Waals surface area contributed by atoms with Gasteiger partial charge in [-0.05, 0) is 42.8 Å². The molecule has 2 aromatic carbocycles. The minimum Gasteiger partial charge on any atom is -0.462 e. The van der Waals surface area contributed by atoms with Gasteiger partial charge in [0.2, 0.25) is 0 Å². The Morgan fingerprint density at radius 1 is 1.20 bits per heavy atom. The average molecular weight is 427 g/mol. The second kappa shape index (κ2) is 9.87. The zero-order chi connectivity index (χ0) is 21.5. The summed E-state index contributed by atoms with van der Waals surface area (Å²) in [5.41, 5.74) is 3.60. The summed E-state index contributed by atoms with van der Waals surface area (Å²) in [6.45, 7) is 1.96. The van der Waals surface area contributed by atoms with E-state index in [1.54, 1.807) is 67.6 Å². The number of benzene rings is 2. The molecule has 3 rings (SSSR count). The van der Waals surface area contributed by atoms with Gasteiger partial charge < -0.3 is 14.3 Å². The Morgan fingerprint density at radius 3 is 2.70 bits per heavy atom. The molecule has 0 aliphatic heterocycles. The van der Waals surface area contributed by atoms with E-state index in [1.165, 1.54) is 6.21 Å². The molecular formula is C22H19ClN2O5. The van der Waals surface area contributed by atoms with Gasteiger partial charge in [-0.15, -0.1) is 0 Å². The largest absolute Gasteiger partial charge is 0.462 e. The topological polar surface area (TPSA) is 101 Å². The lowest BCUT2D eigenvalue weighted by Gasteiger charge is -2.08. The second-order valence-electron chi connectivity index (χ2n) is 6.16. The highest BCUT2D eigenvalue weighted by Crippen LogP contribution is 2.27.